The van der Waals surface area contributed by atoms with Crippen LogP contribution in [0.25, 0.3) is 0 Å². The van der Waals surface area contributed by atoms with E-state index in [9.17, 15) is 0 Å². The number of para-hydroxylation sites is 1. The Morgan fingerprint density at radius 2 is 1.47 bits per heavy atom. The summed E-state index contributed by atoms with van der Waals surface area (Å²) in [6.07, 6.45) is 0.788. The van der Waals surface area contributed by atoms with Gasteiger partial charge in [-0.05, 0) is 48.9 Å². The summed E-state index contributed by atoms with van der Waals surface area (Å²) in [4.78, 5) is 0. The number of rotatable bonds is 9. The van der Waals surface area contributed by atoms with Gasteiger partial charge in [0.15, 0.2) is 11.5 Å². The lowest BCUT2D eigenvalue weighted by Crippen LogP contribution is -2.17. The molecule has 0 aromatic heterocycles. The first kappa shape index (κ1) is 23.1. The van der Waals surface area contributed by atoms with Crippen LogP contribution in [0.15, 0.2) is 54.6 Å². The van der Waals surface area contributed by atoms with Gasteiger partial charge in [0, 0.05) is 37.8 Å². The molecule has 0 bridgehead atoms. The standard InChI is InChI=1S/C23H21Cl4NO2/c1-29-22-4-2-3-16(13-28-10-9-15-5-7-18(24)11-20(15)26)23(22)30-14-17-6-8-19(25)12-21(17)27/h2-8,11-12,28H,9-10,13-14H2,1H3. The van der Waals surface area contributed by atoms with Crippen LogP contribution in [0.5, 0.6) is 11.5 Å². The second-order valence-corrected chi connectivity index (χ2v) is 8.32. The predicted octanol–water partition coefficient (Wildman–Crippen LogP) is 7.22. The fourth-order valence-corrected chi connectivity index (χ4v) is 3.95. The van der Waals surface area contributed by atoms with E-state index in [0.29, 0.717) is 44.7 Å². The third-order valence-corrected chi connectivity index (χ3v) is 5.74. The molecule has 7 heteroatoms. The largest absolute Gasteiger partial charge is 0.493 e. The zero-order chi connectivity index (χ0) is 21.5. The summed E-state index contributed by atoms with van der Waals surface area (Å²) in [7, 11) is 1.62. The van der Waals surface area contributed by atoms with Gasteiger partial charge in [-0.2, -0.15) is 0 Å². The maximum atomic E-state index is 6.27. The highest BCUT2D eigenvalue weighted by Gasteiger charge is 2.12. The van der Waals surface area contributed by atoms with Crippen LogP contribution in [0.2, 0.25) is 20.1 Å². The summed E-state index contributed by atoms with van der Waals surface area (Å²) in [6.45, 7) is 1.68. The van der Waals surface area contributed by atoms with Crippen molar-refractivity contribution in [1.82, 2.24) is 5.32 Å². The Labute approximate surface area is 196 Å². The molecule has 0 aliphatic heterocycles. The zero-order valence-electron chi connectivity index (χ0n) is 16.4. The lowest BCUT2D eigenvalue weighted by Gasteiger charge is -2.16. The number of halogens is 4. The SMILES string of the molecule is COc1cccc(CNCCc2ccc(Cl)cc2Cl)c1OCc1ccc(Cl)cc1Cl. The second-order valence-electron chi connectivity index (χ2n) is 6.64. The minimum Gasteiger partial charge on any atom is -0.493 e. The maximum Gasteiger partial charge on any atom is 0.166 e. The minimum absolute atomic E-state index is 0.309. The molecule has 3 nitrogen and oxygen atoms in total. The fourth-order valence-electron chi connectivity index (χ4n) is 2.98. The third kappa shape index (κ3) is 6.19. The molecular formula is C23H21Cl4NO2. The molecule has 0 aliphatic carbocycles. The van der Waals surface area contributed by atoms with Crippen LogP contribution in [0.3, 0.4) is 0 Å². The molecule has 30 heavy (non-hydrogen) atoms. The molecule has 0 saturated carbocycles. The van der Waals surface area contributed by atoms with Crippen molar-refractivity contribution < 1.29 is 9.47 Å². The van der Waals surface area contributed by atoms with E-state index in [1.807, 2.05) is 36.4 Å². The Hall–Kier alpha value is -1.62. The van der Waals surface area contributed by atoms with Crippen LogP contribution >= 0.6 is 46.4 Å². The van der Waals surface area contributed by atoms with Gasteiger partial charge >= 0.3 is 0 Å². The van der Waals surface area contributed by atoms with E-state index in [-0.39, 0.29) is 0 Å². The Balaban J connectivity index is 1.64. The van der Waals surface area contributed by atoms with Gasteiger partial charge < -0.3 is 14.8 Å². The highest BCUT2D eigenvalue weighted by molar-refractivity contribution is 6.35. The number of benzene rings is 3. The topological polar surface area (TPSA) is 30.5 Å². The molecule has 0 amide bonds. The second kappa shape index (κ2) is 11.1. The molecule has 1 N–H and O–H groups in total. The highest BCUT2D eigenvalue weighted by Crippen LogP contribution is 2.33. The van der Waals surface area contributed by atoms with Crippen molar-refractivity contribution in [3.05, 3.63) is 91.4 Å². The van der Waals surface area contributed by atoms with Gasteiger partial charge in [0.05, 0.1) is 7.11 Å². The van der Waals surface area contributed by atoms with Gasteiger partial charge in [-0.25, -0.2) is 0 Å². The van der Waals surface area contributed by atoms with Crippen molar-refractivity contribution in [2.45, 2.75) is 19.6 Å². The molecular weight excluding hydrogens is 464 g/mol. The molecule has 0 radical (unpaired) electrons. The van der Waals surface area contributed by atoms with Crippen LogP contribution in [0, 0.1) is 0 Å². The molecule has 0 atom stereocenters. The van der Waals surface area contributed by atoms with Gasteiger partial charge in [0.2, 0.25) is 0 Å². The van der Waals surface area contributed by atoms with Gasteiger partial charge in [-0.3, -0.25) is 0 Å². The summed E-state index contributed by atoms with van der Waals surface area (Å²) in [6, 6.07) is 16.7. The molecule has 0 unspecified atom stereocenters. The van der Waals surface area contributed by atoms with Crippen molar-refractivity contribution in [3.63, 3.8) is 0 Å². The molecule has 0 fully saturated rings. The summed E-state index contributed by atoms with van der Waals surface area (Å²) >= 11 is 24.4. The van der Waals surface area contributed by atoms with Gasteiger partial charge in [-0.1, -0.05) is 70.7 Å². The zero-order valence-corrected chi connectivity index (χ0v) is 19.4. The minimum atomic E-state index is 0.309. The van der Waals surface area contributed by atoms with Crippen LogP contribution in [0.4, 0.5) is 0 Å². The van der Waals surface area contributed by atoms with E-state index >= 15 is 0 Å². The first-order chi connectivity index (χ1) is 14.5. The molecule has 0 saturated heterocycles. The Kier molecular flexibility index (Phi) is 8.55. The lowest BCUT2D eigenvalue weighted by atomic mass is 10.1. The van der Waals surface area contributed by atoms with Gasteiger partial charge in [0.1, 0.15) is 6.61 Å². The monoisotopic (exact) mass is 483 g/mol. The number of methoxy groups -OCH3 is 1. The Morgan fingerprint density at radius 3 is 2.10 bits per heavy atom. The first-order valence-electron chi connectivity index (χ1n) is 9.35. The van der Waals surface area contributed by atoms with Crippen LogP contribution < -0.4 is 14.8 Å². The number of ether oxygens (including phenoxy) is 2. The maximum absolute atomic E-state index is 6.27. The molecule has 0 aliphatic rings. The van der Waals surface area contributed by atoms with Crippen molar-refractivity contribution in [1.29, 1.82) is 0 Å². The van der Waals surface area contributed by atoms with Crippen molar-refractivity contribution >= 4 is 46.4 Å². The molecule has 0 spiro atoms. The predicted molar refractivity (Wildman–Crippen MR) is 126 cm³/mol. The number of nitrogens with one attached hydrogen (secondary N) is 1. The van der Waals surface area contributed by atoms with E-state index < -0.39 is 0 Å². The summed E-state index contributed by atoms with van der Waals surface area (Å²) in [5.74, 6) is 1.35. The van der Waals surface area contributed by atoms with E-state index in [1.165, 1.54) is 0 Å². The Bertz CT molecular complexity index is 1010. The fraction of sp³-hybridized carbons (Fsp3) is 0.217. The van der Waals surface area contributed by atoms with Crippen molar-refractivity contribution in [2.24, 2.45) is 0 Å². The molecule has 158 valence electrons. The third-order valence-electron chi connectivity index (χ3n) is 4.57. The van der Waals surface area contributed by atoms with E-state index in [0.717, 1.165) is 29.7 Å². The summed E-state index contributed by atoms with van der Waals surface area (Å²) < 4.78 is 11.6. The molecule has 0 heterocycles. The number of hydrogen-bond acceptors (Lipinski definition) is 3. The molecule has 3 aromatic carbocycles. The summed E-state index contributed by atoms with van der Waals surface area (Å²) in [5.41, 5.74) is 2.89. The van der Waals surface area contributed by atoms with Crippen LogP contribution in [-0.4, -0.2) is 13.7 Å². The quantitative estimate of drug-likeness (QED) is 0.325. The highest BCUT2D eigenvalue weighted by atomic mass is 35.5. The van der Waals surface area contributed by atoms with E-state index in [2.05, 4.69) is 5.32 Å². The first-order valence-corrected chi connectivity index (χ1v) is 10.9. The Morgan fingerprint density at radius 1 is 0.800 bits per heavy atom. The average Bonchev–Trinajstić information content (AvgIpc) is 2.72. The van der Waals surface area contributed by atoms with Crippen LogP contribution in [-0.2, 0) is 19.6 Å². The normalized spacial score (nSPS) is 10.8. The van der Waals surface area contributed by atoms with Gasteiger partial charge in [0.25, 0.3) is 0 Å². The lowest BCUT2D eigenvalue weighted by molar-refractivity contribution is 0.281. The van der Waals surface area contributed by atoms with Crippen molar-refractivity contribution in [2.75, 3.05) is 13.7 Å². The average molecular weight is 485 g/mol. The van der Waals surface area contributed by atoms with E-state index in [1.54, 1.807) is 25.3 Å². The van der Waals surface area contributed by atoms with E-state index in [4.69, 9.17) is 55.9 Å². The number of hydrogen-bond donors (Lipinski definition) is 1. The molecule has 3 rings (SSSR count). The summed E-state index contributed by atoms with van der Waals surface area (Å²) in [5, 5.41) is 5.90. The van der Waals surface area contributed by atoms with Crippen molar-refractivity contribution in [3.8, 4) is 11.5 Å². The smallest absolute Gasteiger partial charge is 0.166 e. The molecule has 3 aromatic rings. The van der Waals surface area contributed by atoms with Gasteiger partial charge in [-0.15, -0.1) is 0 Å². The van der Waals surface area contributed by atoms with Crippen LogP contribution in [0.1, 0.15) is 16.7 Å².